The standard InChI is InChI=1S/C17H16N4O2S/c1-2-11-8-10-24-15(11)17(23)19-12-5-3-4-6-14(12)21-9-7-13(20-21)16(18)22/h3-10H,2H2,1H3,(H2,18,22)(H,19,23). The number of anilines is 1. The second-order valence-corrected chi connectivity index (χ2v) is 6.03. The van der Waals surface area contributed by atoms with Crippen LogP contribution in [0, 0.1) is 0 Å². The number of carbonyl (C=O) groups is 2. The van der Waals surface area contributed by atoms with Crippen molar-refractivity contribution < 1.29 is 9.59 Å². The second-order valence-electron chi connectivity index (χ2n) is 5.11. The lowest BCUT2D eigenvalue weighted by molar-refractivity contribution is 0.0993. The predicted molar refractivity (Wildman–Crippen MR) is 93.7 cm³/mol. The third kappa shape index (κ3) is 3.07. The van der Waals surface area contributed by atoms with Crippen molar-refractivity contribution in [2.75, 3.05) is 5.32 Å². The maximum absolute atomic E-state index is 12.5. The molecule has 3 rings (SSSR count). The number of hydrogen-bond acceptors (Lipinski definition) is 4. The van der Waals surface area contributed by atoms with Crippen LogP contribution in [-0.4, -0.2) is 21.6 Å². The zero-order valence-electron chi connectivity index (χ0n) is 13.0. The van der Waals surface area contributed by atoms with Gasteiger partial charge in [0.05, 0.1) is 16.3 Å². The minimum absolute atomic E-state index is 0.156. The third-order valence-electron chi connectivity index (χ3n) is 3.57. The molecule has 0 aliphatic rings. The van der Waals surface area contributed by atoms with Crippen LogP contribution >= 0.6 is 11.3 Å². The molecular weight excluding hydrogens is 324 g/mol. The van der Waals surface area contributed by atoms with Crippen LogP contribution in [0.2, 0.25) is 0 Å². The van der Waals surface area contributed by atoms with Gasteiger partial charge in [-0.05, 0) is 41.6 Å². The van der Waals surface area contributed by atoms with Gasteiger partial charge in [0, 0.05) is 6.20 Å². The highest BCUT2D eigenvalue weighted by Crippen LogP contribution is 2.23. The highest BCUT2D eigenvalue weighted by molar-refractivity contribution is 7.12. The molecule has 24 heavy (non-hydrogen) atoms. The summed E-state index contributed by atoms with van der Waals surface area (Å²) in [6, 6.07) is 10.8. The molecule has 2 amide bonds. The molecule has 1 aromatic carbocycles. The van der Waals surface area contributed by atoms with Gasteiger partial charge in [0.15, 0.2) is 0 Å². The van der Waals surface area contributed by atoms with Crippen LogP contribution in [0.5, 0.6) is 0 Å². The van der Waals surface area contributed by atoms with E-state index in [9.17, 15) is 9.59 Å². The van der Waals surface area contributed by atoms with Crippen molar-refractivity contribution in [3.8, 4) is 5.69 Å². The number of nitrogens with one attached hydrogen (secondary N) is 1. The smallest absolute Gasteiger partial charge is 0.269 e. The van der Waals surface area contributed by atoms with Crippen LogP contribution in [0.3, 0.4) is 0 Å². The molecule has 0 bridgehead atoms. The van der Waals surface area contributed by atoms with Crippen LogP contribution in [0.15, 0.2) is 48.0 Å². The Labute approximate surface area is 142 Å². The van der Waals surface area contributed by atoms with Crippen LogP contribution in [0.4, 0.5) is 5.69 Å². The molecule has 2 heterocycles. The van der Waals surface area contributed by atoms with Gasteiger partial charge < -0.3 is 11.1 Å². The van der Waals surface area contributed by atoms with Gasteiger partial charge >= 0.3 is 0 Å². The van der Waals surface area contributed by atoms with Crippen molar-refractivity contribution >= 4 is 28.8 Å². The number of nitrogens with two attached hydrogens (primary N) is 1. The molecule has 2 aromatic heterocycles. The first kappa shape index (κ1) is 15.9. The second kappa shape index (κ2) is 6.67. The Morgan fingerprint density at radius 3 is 2.75 bits per heavy atom. The summed E-state index contributed by atoms with van der Waals surface area (Å²) in [6.45, 7) is 2.02. The number of benzene rings is 1. The summed E-state index contributed by atoms with van der Waals surface area (Å²) >= 11 is 1.42. The Morgan fingerprint density at radius 2 is 2.04 bits per heavy atom. The molecule has 3 aromatic rings. The molecule has 0 fully saturated rings. The zero-order chi connectivity index (χ0) is 17.1. The SMILES string of the molecule is CCc1ccsc1C(=O)Nc1ccccc1-n1ccc(C(N)=O)n1. The van der Waals surface area contributed by atoms with Gasteiger partial charge in [-0.25, -0.2) is 4.68 Å². The Bertz CT molecular complexity index is 897. The number of amides is 2. The van der Waals surface area contributed by atoms with Gasteiger partial charge in [0.1, 0.15) is 5.69 Å². The van der Waals surface area contributed by atoms with Crippen LogP contribution in [0.1, 0.15) is 32.6 Å². The quantitative estimate of drug-likeness (QED) is 0.748. The average molecular weight is 340 g/mol. The van der Waals surface area contributed by atoms with E-state index in [0.29, 0.717) is 16.3 Å². The summed E-state index contributed by atoms with van der Waals surface area (Å²) in [7, 11) is 0. The summed E-state index contributed by atoms with van der Waals surface area (Å²) < 4.78 is 1.52. The minimum Gasteiger partial charge on any atom is -0.364 e. The molecule has 0 unspecified atom stereocenters. The van der Waals surface area contributed by atoms with Crippen LogP contribution in [0.25, 0.3) is 5.69 Å². The van der Waals surface area contributed by atoms with E-state index in [1.54, 1.807) is 12.3 Å². The van der Waals surface area contributed by atoms with E-state index in [2.05, 4.69) is 10.4 Å². The fourth-order valence-electron chi connectivity index (χ4n) is 2.36. The van der Waals surface area contributed by atoms with E-state index >= 15 is 0 Å². The molecule has 0 aliphatic carbocycles. The Balaban J connectivity index is 1.92. The maximum Gasteiger partial charge on any atom is 0.269 e. The number of nitrogens with zero attached hydrogens (tertiary/aromatic N) is 2. The van der Waals surface area contributed by atoms with Gasteiger partial charge in [-0.15, -0.1) is 11.3 Å². The zero-order valence-corrected chi connectivity index (χ0v) is 13.8. The van der Waals surface area contributed by atoms with Crippen molar-refractivity contribution in [1.29, 1.82) is 0 Å². The molecule has 0 radical (unpaired) electrons. The van der Waals surface area contributed by atoms with Gasteiger partial charge in [0.2, 0.25) is 0 Å². The van der Waals surface area contributed by atoms with E-state index in [4.69, 9.17) is 5.73 Å². The summed E-state index contributed by atoms with van der Waals surface area (Å²) in [6.07, 6.45) is 2.43. The monoisotopic (exact) mass is 340 g/mol. The van der Waals surface area contributed by atoms with E-state index in [-0.39, 0.29) is 11.6 Å². The molecule has 0 spiro atoms. The lowest BCUT2D eigenvalue weighted by Gasteiger charge is -2.11. The lowest BCUT2D eigenvalue weighted by atomic mass is 10.2. The Hall–Kier alpha value is -2.93. The van der Waals surface area contributed by atoms with E-state index in [0.717, 1.165) is 12.0 Å². The van der Waals surface area contributed by atoms with E-state index in [1.807, 2.05) is 36.6 Å². The Kier molecular flexibility index (Phi) is 4.43. The first-order valence-electron chi connectivity index (χ1n) is 7.42. The van der Waals surface area contributed by atoms with Gasteiger partial charge in [-0.1, -0.05) is 19.1 Å². The minimum atomic E-state index is -0.596. The molecule has 0 saturated heterocycles. The molecule has 6 nitrogen and oxygen atoms in total. The van der Waals surface area contributed by atoms with Crippen molar-refractivity contribution in [2.45, 2.75) is 13.3 Å². The molecule has 0 aliphatic heterocycles. The fraction of sp³-hybridized carbons (Fsp3) is 0.118. The lowest BCUT2D eigenvalue weighted by Crippen LogP contribution is -2.15. The van der Waals surface area contributed by atoms with Gasteiger partial charge in [-0.2, -0.15) is 5.10 Å². The maximum atomic E-state index is 12.5. The number of aryl methyl sites for hydroxylation is 1. The van der Waals surface area contributed by atoms with Gasteiger partial charge in [0.25, 0.3) is 11.8 Å². The van der Waals surface area contributed by atoms with E-state index in [1.165, 1.54) is 22.1 Å². The first-order chi connectivity index (χ1) is 11.6. The molecular formula is C17H16N4O2S. The third-order valence-corrected chi connectivity index (χ3v) is 4.53. The van der Waals surface area contributed by atoms with Crippen molar-refractivity contribution in [2.24, 2.45) is 5.73 Å². The number of carbonyl (C=O) groups excluding carboxylic acids is 2. The topological polar surface area (TPSA) is 90.0 Å². The molecule has 0 atom stereocenters. The number of para-hydroxylation sites is 2. The summed E-state index contributed by atoms with van der Waals surface area (Å²) in [4.78, 5) is 24.5. The van der Waals surface area contributed by atoms with E-state index < -0.39 is 5.91 Å². The van der Waals surface area contributed by atoms with Crippen molar-refractivity contribution in [3.63, 3.8) is 0 Å². The fourth-order valence-corrected chi connectivity index (χ4v) is 3.25. The summed E-state index contributed by atoms with van der Waals surface area (Å²) in [5.74, 6) is -0.752. The highest BCUT2D eigenvalue weighted by Gasteiger charge is 2.15. The van der Waals surface area contributed by atoms with Crippen molar-refractivity contribution in [3.05, 3.63) is 64.1 Å². The summed E-state index contributed by atoms with van der Waals surface area (Å²) in [5.41, 5.74) is 7.69. The molecule has 3 N–H and O–H groups in total. The molecule has 0 saturated carbocycles. The molecule has 122 valence electrons. The van der Waals surface area contributed by atoms with Crippen LogP contribution < -0.4 is 11.1 Å². The number of rotatable bonds is 5. The Morgan fingerprint density at radius 1 is 1.25 bits per heavy atom. The summed E-state index contributed by atoms with van der Waals surface area (Å²) in [5, 5.41) is 8.97. The van der Waals surface area contributed by atoms with Crippen LogP contribution in [-0.2, 0) is 6.42 Å². The average Bonchev–Trinajstić information content (AvgIpc) is 3.24. The number of hydrogen-bond donors (Lipinski definition) is 2. The van der Waals surface area contributed by atoms with Gasteiger partial charge in [-0.3, -0.25) is 9.59 Å². The normalized spacial score (nSPS) is 10.5. The van der Waals surface area contributed by atoms with Crippen molar-refractivity contribution in [1.82, 2.24) is 9.78 Å². The first-order valence-corrected chi connectivity index (χ1v) is 8.30. The highest BCUT2D eigenvalue weighted by atomic mass is 32.1. The predicted octanol–water partition coefficient (Wildman–Crippen LogP) is 2.85. The number of primary amides is 1. The largest absolute Gasteiger partial charge is 0.364 e. The number of thiophene rings is 1. The number of aromatic nitrogens is 2. The molecule has 7 heteroatoms.